The zero-order valence-electron chi connectivity index (χ0n) is 33.5. The van der Waals surface area contributed by atoms with E-state index in [-0.39, 0.29) is 24.6 Å². The van der Waals surface area contributed by atoms with Crippen LogP contribution < -0.4 is 0 Å². The predicted molar refractivity (Wildman–Crippen MR) is 206 cm³/mol. The molecule has 0 aromatic rings. The van der Waals surface area contributed by atoms with Gasteiger partial charge < -0.3 is 0 Å². The second kappa shape index (κ2) is 85.9. The molecule has 0 aliphatic rings. The van der Waals surface area contributed by atoms with Gasteiger partial charge >= 0.3 is 24.6 Å². The molecule has 0 N–H and O–H groups in total. The van der Waals surface area contributed by atoms with Crippen LogP contribution in [0.1, 0.15) is 214 Å². The number of rotatable bonds is 29. The summed E-state index contributed by atoms with van der Waals surface area (Å²) in [4.78, 5) is 65.0. The van der Waals surface area contributed by atoms with E-state index < -0.39 is 0 Å². The van der Waals surface area contributed by atoms with Gasteiger partial charge in [-0.2, -0.15) is 38.4 Å². The molecule has 0 aromatic carbocycles. The number of hydrogen-bond donors (Lipinski definition) is 0. The van der Waals surface area contributed by atoms with Crippen LogP contribution in [0.4, 0.5) is 0 Å². The van der Waals surface area contributed by atoms with Gasteiger partial charge in [0.1, 0.15) is 0 Å². The molecule has 0 fully saturated rings. The monoisotopic (exact) mass is 723 g/mol. The number of unbranched alkanes of at least 4 members (excludes halogenated alkanes) is 25. The van der Waals surface area contributed by atoms with Crippen LogP contribution in [0, 0.1) is 0 Å². The van der Waals surface area contributed by atoms with E-state index in [1.54, 1.807) is 0 Å². The van der Waals surface area contributed by atoms with Gasteiger partial charge in [-0.1, -0.05) is 187 Å². The highest BCUT2D eigenvalue weighted by molar-refractivity contribution is 5.20. The Morgan fingerprint density at radius 3 is 0.627 bits per heavy atom. The quantitative estimate of drug-likeness (QED) is 0.0549. The van der Waals surface area contributed by atoms with Crippen molar-refractivity contribution in [1.82, 2.24) is 0 Å². The standard InChI is InChI=1S/C19H38.2C10H20.4CO2/c1-3-5-7-9-11-13-15-17-19-18-16-14-12-10-8-6-4-2;2*1-3-5-7-9-10-8-6-4-2;4*2-1-3/h17,19H,3-16,18H2,1-2H3;2*3H,1,4-10H2,2H3;;;;/b19-17-;;;;;;. The van der Waals surface area contributed by atoms with Crippen LogP contribution in [0.5, 0.6) is 0 Å². The first-order valence-electron chi connectivity index (χ1n) is 19.7. The number of carbonyl (C=O) groups excluding carboxylic acids is 8. The lowest BCUT2D eigenvalue weighted by molar-refractivity contribution is -0.193. The Bertz CT molecular complexity index is 684. The largest absolute Gasteiger partial charge is 0.373 e. The third-order valence-corrected chi connectivity index (χ3v) is 7.39. The molecule has 8 heteroatoms. The van der Waals surface area contributed by atoms with Gasteiger partial charge in [-0.15, -0.1) is 13.2 Å². The summed E-state index contributed by atoms with van der Waals surface area (Å²) in [6, 6.07) is 0. The molecule has 8 nitrogen and oxygen atoms in total. The maximum absolute atomic E-state index is 8.12. The Morgan fingerprint density at radius 1 is 0.294 bits per heavy atom. The van der Waals surface area contributed by atoms with Crippen LogP contribution in [0.3, 0.4) is 0 Å². The van der Waals surface area contributed by atoms with E-state index in [1.807, 2.05) is 12.2 Å². The smallest absolute Gasteiger partial charge is 0.186 e. The van der Waals surface area contributed by atoms with Crippen molar-refractivity contribution in [3.63, 3.8) is 0 Å². The minimum absolute atomic E-state index is 0.250. The van der Waals surface area contributed by atoms with E-state index in [1.165, 1.54) is 186 Å². The third-order valence-electron chi connectivity index (χ3n) is 7.39. The lowest BCUT2D eigenvalue weighted by atomic mass is 10.1. The van der Waals surface area contributed by atoms with Crippen LogP contribution in [-0.2, 0) is 38.4 Å². The average Bonchev–Trinajstić information content (AvgIpc) is 3.12. The van der Waals surface area contributed by atoms with Crippen molar-refractivity contribution in [2.75, 3.05) is 0 Å². The molecule has 0 rings (SSSR count). The van der Waals surface area contributed by atoms with Gasteiger partial charge in [0, 0.05) is 0 Å². The minimum atomic E-state index is 0.250. The summed E-state index contributed by atoms with van der Waals surface area (Å²) in [6.07, 6.45) is 50.0. The normalized spacial score (nSPS) is 8.71. The second-order valence-corrected chi connectivity index (χ2v) is 12.0. The average molecular weight is 723 g/mol. The van der Waals surface area contributed by atoms with Crippen molar-refractivity contribution in [2.24, 2.45) is 0 Å². The molecule has 51 heavy (non-hydrogen) atoms. The zero-order valence-corrected chi connectivity index (χ0v) is 33.5. The molecule has 0 atom stereocenters. The fourth-order valence-corrected chi connectivity index (χ4v) is 4.64. The molecule has 0 aliphatic heterocycles. The van der Waals surface area contributed by atoms with E-state index >= 15 is 0 Å². The second-order valence-electron chi connectivity index (χ2n) is 12.0. The zero-order chi connectivity index (χ0) is 40.2. The first kappa shape index (κ1) is 62.8. The van der Waals surface area contributed by atoms with Crippen LogP contribution in [0.25, 0.3) is 0 Å². The number of hydrogen-bond acceptors (Lipinski definition) is 8. The fourth-order valence-electron chi connectivity index (χ4n) is 4.64. The van der Waals surface area contributed by atoms with E-state index in [2.05, 4.69) is 53.0 Å². The van der Waals surface area contributed by atoms with Crippen molar-refractivity contribution in [3.8, 4) is 0 Å². The van der Waals surface area contributed by atoms with Crippen molar-refractivity contribution in [2.45, 2.75) is 214 Å². The van der Waals surface area contributed by atoms with Gasteiger partial charge in [0.05, 0.1) is 0 Å². The molecule has 0 bridgehead atoms. The Hall–Kier alpha value is -3.26. The maximum Gasteiger partial charge on any atom is 0.373 e. The van der Waals surface area contributed by atoms with Crippen LogP contribution in [0.15, 0.2) is 37.5 Å². The molecule has 0 saturated carbocycles. The molecule has 298 valence electrons. The van der Waals surface area contributed by atoms with E-state index in [4.69, 9.17) is 38.4 Å². The predicted octanol–water partition coefficient (Wildman–Crippen LogP) is 12.9. The minimum Gasteiger partial charge on any atom is -0.186 e. The lowest BCUT2D eigenvalue weighted by Crippen LogP contribution is -1.79. The van der Waals surface area contributed by atoms with Gasteiger partial charge in [-0.25, -0.2) is 0 Å². The van der Waals surface area contributed by atoms with Crippen molar-refractivity contribution in [3.05, 3.63) is 37.5 Å². The fraction of sp³-hybridized carbons (Fsp3) is 0.767. The first-order chi connectivity index (χ1) is 24.9. The van der Waals surface area contributed by atoms with Crippen molar-refractivity contribution < 1.29 is 38.4 Å². The molecule has 0 radical (unpaired) electrons. The topological polar surface area (TPSA) is 137 Å². The van der Waals surface area contributed by atoms with Gasteiger partial charge in [0.25, 0.3) is 0 Å². The molecule has 0 heterocycles. The summed E-state index contributed by atoms with van der Waals surface area (Å²) in [7, 11) is 0. The summed E-state index contributed by atoms with van der Waals surface area (Å²) >= 11 is 0. The third kappa shape index (κ3) is 131. The molecule has 0 aliphatic carbocycles. The van der Waals surface area contributed by atoms with Crippen molar-refractivity contribution in [1.29, 1.82) is 0 Å². The van der Waals surface area contributed by atoms with Gasteiger partial charge in [0.2, 0.25) is 0 Å². The molecule has 0 spiro atoms. The Morgan fingerprint density at radius 2 is 0.451 bits per heavy atom. The highest BCUT2D eigenvalue weighted by Gasteiger charge is 1.91. The van der Waals surface area contributed by atoms with Gasteiger partial charge in [-0.3, -0.25) is 0 Å². The highest BCUT2D eigenvalue weighted by atomic mass is 16.2. The maximum atomic E-state index is 8.12. The summed E-state index contributed by atoms with van der Waals surface area (Å²) in [6.45, 7) is 16.5. The number of allylic oxidation sites excluding steroid dienone is 4. The Kier molecular flexibility index (Phi) is 106. The lowest BCUT2D eigenvalue weighted by Gasteiger charge is -1.99. The Balaban J connectivity index is -0.000000103. The first-order valence-corrected chi connectivity index (χ1v) is 19.7. The van der Waals surface area contributed by atoms with Crippen LogP contribution >= 0.6 is 0 Å². The molecule has 0 saturated heterocycles. The molecule has 0 aromatic heterocycles. The van der Waals surface area contributed by atoms with E-state index in [0.717, 1.165) is 0 Å². The van der Waals surface area contributed by atoms with Gasteiger partial charge in [-0.05, 0) is 51.4 Å². The van der Waals surface area contributed by atoms with E-state index in [9.17, 15) is 0 Å². The molecular weight excluding hydrogens is 644 g/mol. The van der Waals surface area contributed by atoms with Gasteiger partial charge in [0.15, 0.2) is 0 Å². The molecule has 0 unspecified atom stereocenters. The molecular formula is C43H78O8. The van der Waals surface area contributed by atoms with Crippen molar-refractivity contribution >= 4 is 24.6 Å². The summed E-state index contributed by atoms with van der Waals surface area (Å²) in [5.74, 6) is 0. The SMILES string of the molecule is C=CCCCCCCCC.C=CCCCCCCCC.CCCCCCCC/C=C\CCCCCCCCC.O=C=O.O=C=O.O=C=O.O=C=O. The summed E-state index contributed by atoms with van der Waals surface area (Å²) in [5.41, 5.74) is 0. The van der Waals surface area contributed by atoms with Crippen LogP contribution in [0.2, 0.25) is 0 Å². The molecule has 0 amide bonds. The van der Waals surface area contributed by atoms with Crippen LogP contribution in [-0.4, -0.2) is 24.6 Å². The van der Waals surface area contributed by atoms with E-state index in [0.29, 0.717) is 0 Å². The highest BCUT2D eigenvalue weighted by Crippen LogP contribution is 2.11. The summed E-state index contributed by atoms with van der Waals surface area (Å²) < 4.78 is 0. The summed E-state index contributed by atoms with van der Waals surface area (Å²) in [5, 5.41) is 0. The Labute approximate surface area is 313 Å².